The van der Waals surface area contributed by atoms with Gasteiger partial charge in [-0.1, -0.05) is 18.2 Å². The van der Waals surface area contributed by atoms with Crippen molar-refractivity contribution in [1.82, 2.24) is 0 Å². The summed E-state index contributed by atoms with van der Waals surface area (Å²) in [5.41, 5.74) is 1.11. The Morgan fingerprint density at radius 1 is 1.22 bits per heavy atom. The zero-order chi connectivity index (χ0) is 19.4. The number of hydrogen-bond acceptors (Lipinski definition) is 5. The van der Waals surface area contributed by atoms with Gasteiger partial charge in [-0.15, -0.1) is 0 Å². The number of nitrogens with zero attached hydrogens (tertiary/aromatic N) is 2. The number of anilines is 1. The van der Waals surface area contributed by atoms with Crippen LogP contribution in [0, 0.1) is 0 Å². The van der Waals surface area contributed by atoms with E-state index in [4.69, 9.17) is 4.74 Å². The summed E-state index contributed by atoms with van der Waals surface area (Å²) in [6.45, 7) is 3.85. The minimum absolute atomic E-state index is 0.0711. The molecule has 0 fully saturated rings. The molecule has 0 radical (unpaired) electrons. The Bertz CT molecular complexity index is 935. The quantitative estimate of drug-likeness (QED) is 0.814. The van der Waals surface area contributed by atoms with Crippen LogP contribution in [0.5, 0.6) is 11.5 Å². The fourth-order valence-electron chi connectivity index (χ4n) is 2.53. The first-order valence-electron chi connectivity index (χ1n) is 8.33. The lowest BCUT2D eigenvalue weighted by Gasteiger charge is -2.20. The van der Waals surface area contributed by atoms with Gasteiger partial charge < -0.3 is 9.84 Å². The van der Waals surface area contributed by atoms with Crippen LogP contribution in [0.3, 0.4) is 0 Å². The number of thioether (sulfide) groups is 1. The monoisotopic (exact) mass is 382 g/mol. The summed E-state index contributed by atoms with van der Waals surface area (Å²) in [6, 6.07) is 13.7. The molecule has 0 bridgehead atoms. The number of hydrogen-bond donors (Lipinski definition) is 1. The highest BCUT2D eigenvalue weighted by atomic mass is 32.2. The van der Waals surface area contributed by atoms with Crippen LogP contribution < -0.4 is 9.64 Å². The van der Waals surface area contributed by atoms with Gasteiger partial charge in [0.25, 0.3) is 5.91 Å². The molecule has 0 atom stereocenters. The summed E-state index contributed by atoms with van der Waals surface area (Å²) in [7, 11) is 0. The van der Waals surface area contributed by atoms with Crippen molar-refractivity contribution in [3.05, 3.63) is 59.0 Å². The van der Waals surface area contributed by atoms with Gasteiger partial charge in [0.1, 0.15) is 11.5 Å². The lowest BCUT2D eigenvalue weighted by molar-refractivity contribution is -0.115. The van der Waals surface area contributed by atoms with Crippen LogP contribution in [-0.2, 0) is 9.59 Å². The number of amidine groups is 1. The third-order valence-corrected chi connectivity index (χ3v) is 4.71. The molecule has 0 spiro atoms. The van der Waals surface area contributed by atoms with Crippen molar-refractivity contribution in [1.29, 1.82) is 0 Å². The van der Waals surface area contributed by atoms with Crippen molar-refractivity contribution in [2.45, 2.75) is 13.8 Å². The second-order valence-electron chi connectivity index (χ2n) is 5.65. The molecule has 0 saturated carbocycles. The first-order chi connectivity index (χ1) is 13.0. The number of aliphatic imine (C=N–C) groups is 1. The molecule has 0 aromatic heterocycles. The van der Waals surface area contributed by atoms with E-state index in [-0.39, 0.29) is 16.8 Å². The smallest absolute Gasteiger partial charge is 0.286 e. The summed E-state index contributed by atoms with van der Waals surface area (Å²) >= 11 is 1.09. The van der Waals surface area contributed by atoms with Gasteiger partial charge in [0.2, 0.25) is 5.91 Å². The lowest BCUT2D eigenvalue weighted by atomic mass is 10.2. The molecule has 2 aromatic rings. The highest BCUT2D eigenvalue weighted by Crippen LogP contribution is 2.34. The van der Waals surface area contributed by atoms with Crippen molar-refractivity contribution in [3.63, 3.8) is 0 Å². The van der Waals surface area contributed by atoms with Gasteiger partial charge in [0, 0.05) is 12.5 Å². The number of rotatable bonds is 4. The number of carbonyl (C=O) groups is 2. The van der Waals surface area contributed by atoms with Crippen LogP contribution in [0.25, 0.3) is 6.08 Å². The molecule has 0 unspecified atom stereocenters. The van der Waals surface area contributed by atoms with E-state index in [9.17, 15) is 14.7 Å². The van der Waals surface area contributed by atoms with Crippen LogP contribution in [0.15, 0.2) is 58.4 Å². The van der Waals surface area contributed by atoms with Gasteiger partial charge in [-0.3, -0.25) is 14.5 Å². The largest absolute Gasteiger partial charge is 0.507 e. The van der Waals surface area contributed by atoms with E-state index in [0.29, 0.717) is 28.5 Å². The van der Waals surface area contributed by atoms with Gasteiger partial charge in [0.05, 0.1) is 17.2 Å². The number of phenolic OH excluding ortho intramolecular Hbond substituents is 1. The third-order valence-electron chi connectivity index (χ3n) is 3.74. The first-order valence-corrected chi connectivity index (χ1v) is 9.15. The topological polar surface area (TPSA) is 79.2 Å². The minimum Gasteiger partial charge on any atom is -0.507 e. The number of amides is 2. The average Bonchev–Trinajstić information content (AvgIpc) is 2.98. The number of aromatic hydroxyl groups is 1. The Morgan fingerprint density at radius 3 is 2.56 bits per heavy atom. The van der Waals surface area contributed by atoms with E-state index in [0.717, 1.165) is 11.8 Å². The zero-order valence-electron chi connectivity index (χ0n) is 14.9. The van der Waals surface area contributed by atoms with Crippen LogP contribution in [0.2, 0.25) is 0 Å². The summed E-state index contributed by atoms with van der Waals surface area (Å²) in [6.07, 6.45) is 1.56. The second kappa shape index (κ2) is 8.09. The van der Waals surface area contributed by atoms with Crippen LogP contribution in [0.4, 0.5) is 5.69 Å². The maximum Gasteiger partial charge on any atom is 0.286 e. The fourth-order valence-corrected chi connectivity index (χ4v) is 3.50. The van der Waals surface area contributed by atoms with E-state index in [1.54, 1.807) is 54.6 Å². The summed E-state index contributed by atoms with van der Waals surface area (Å²) in [4.78, 5) is 30.2. The van der Waals surface area contributed by atoms with Crippen LogP contribution in [0.1, 0.15) is 19.4 Å². The second-order valence-corrected chi connectivity index (χ2v) is 6.66. The minimum atomic E-state index is -0.449. The highest BCUT2D eigenvalue weighted by Gasteiger charge is 2.29. The Balaban J connectivity index is 1.87. The van der Waals surface area contributed by atoms with Gasteiger partial charge in [-0.05, 0) is 55.1 Å². The number of benzene rings is 2. The molecule has 138 valence electrons. The third kappa shape index (κ3) is 4.20. The molecule has 6 nitrogen and oxygen atoms in total. The van der Waals surface area contributed by atoms with Crippen molar-refractivity contribution in [3.8, 4) is 11.5 Å². The molecule has 0 saturated heterocycles. The number of carbonyl (C=O) groups excluding carboxylic acids is 2. The maximum absolute atomic E-state index is 12.3. The van der Waals surface area contributed by atoms with E-state index < -0.39 is 5.91 Å². The molecule has 0 aliphatic carbocycles. The molecule has 1 aliphatic rings. The van der Waals surface area contributed by atoms with Gasteiger partial charge >= 0.3 is 0 Å². The summed E-state index contributed by atoms with van der Waals surface area (Å²) in [5.74, 6) is 0.0567. The van der Waals surface area contributed by atoms with Gasteiger partial charge in [-0.25, -0.2) is 0 Å². The Morgan fingerprint density at radius 2 is 1.93 bits per heavy atom. The van der Waals surface area contributed by atoms with Crippen LogP contribution >= 0.6 is 11.8 Å². The molecule has 2 amide bonds. The average molecular weight is 382 g/mol. The number of phenols is 1. The molecule has 27 heavy (non-hydrogen) atoms. The molecule has 1 N–H and O–H groups in total. The van der Waals surface area contributed by atoms with Gasteiger partial charge in [-0.2, -0.15) is 4.99 Å². The number of para-hydroxylation sites is 1. The van der Waals surface area contributed by atoms with Crippen molar-refractivity contribution in [2.75, 3.05) is 11.5 Å². The standard InChI is InChI=1S/C20H18N2O4S/c1-3-26-16-10-8-15(9-11-16)22(13(2)23)20-21-19(25)18(27-20)12-14-6-4-5-7-17(14)24/h4-12,24H,3H2,1-2H3. The SMILES string of the molecule is CCOc1ccc(N(C(C)=O)C2=NC(=O)C(=Cc3ccccc3O)S2)cc1. The Labute approximate surface area is 161 Å². The molecule has 3 rings (SSSR count). The predicted octanol–water partition coefficient (Wildman–Crippen LogP) is 3.81. The van der Waals surface area contributed by atoms with Gasteiger partial charge in [0.15, 0.2) is 5.17 Å². The van der Waals surface area contributed by atoms with E-state index in [1.807, 2.05) is 6.92 Å². The molecular weight excluding hydrogens is 364 g/mol. The highest BCUT2D eigenvalue weighted by molar-refractivity contribution is 8.19. The van der Waals surface area contributed by atoms with Crippen LogP contribution in [-0.4, -0.2) is 28.7 Å². The fraction of sp³-hybridized carbons (Fsp3) is 0.150. The zero-order valence-corrected chi connectivity index (χ0v) is 15.7. The van der Waals surface area contributed by atoms with E-state index in [1.165, 1.54) is 11.8 Å². The summed E-state index contributed by atoms with van der Waals surface area (Å²) < 4.78 is 5.41. The van der Waals surface area contributed by atoms with E-state index in [2.05, 4.69) is 4.99 Å². The molecule has 1 heterocycles. The van der Waals surface area contributed by atoms with Crippen molar-refractivity contribution < 1.29 is 19.4 Å². The first kappa shape index (κ1) is 18.7. The summed E-state index contributed by atoms with van der Waals surface area (Å²) in [5, 5.41) is 10.2. The molecular formula is C20H18N2O4S. The van der Waals surface area contributed by atoms with E-state index >= 15 is 0 Å². The van der Waals surface area contributed by atoms with Crippen molar-refractivity contribution in [2.24, 2.45) is 4.99 Å². The Kier molecular flexibility index (Phi) is 5.61. The molecule has 7 heteroatoms. The molecule has 1 aliphatic heterocycles. The normalized spacial score (nSPS) is 15.0. The molecule has 2 aromatic carbocycles. The lowest BCUT2D eigenvalue weighted by Crippen LogP contribution is -2.32. The predicted molar refractivity (Wildman–Crippen MR) is 107 cm³/mol. The Hall–Kier alpha value is -3.06. The van der Waals surface area contributed by atoms with Crippen molar-refractivity contribution >= 4 is 40.5 Å². The maximum atomic E-state index is 12.3. The number of ether oxygens (including phenoxy) is 1.